The molecule has 2 aliphatic rings. The predicted molar refractivity (Wildman–Crippen MR) is 113 cm³/mol. The van der Waals surface area contributed by atoms with Gasteiger partial charge in [0.15, 0.2) is 0 Å². The third-order valence-corrected chi connectivity index (χ3v) is 7.30. The smallest absolute Gasteiger partial charge is 0.245 e. The van der Waals surface area contributed by atoms with Gasteiger partial charge in [-0.2, -0.15) is 0 Å². The van der Waals surface area contributed by atoms with E-state index in [9.17, 15) is 9.59 Å². The van der Waals surface area contributed by atoms with E-state index in [4.69, 9.17) is 4.74 Å². The van der Waals surface area contributed by atoms with Crippen molar-refractivity contribution in [3.63, 3.8) is 0 Å². The molecule has 28 heavy (non-hydrogen) atoms. The number of halogens is 1. The van der Waals surface area contributed by atoms with Gasteiger partial charge >= 0.3 is 0 Å². The number of nitrogens with one attached hydrogen (secondary N) is 1. The summed E-state index contributed by atoms with van der Waals surface area (Å²) in [5.41, 5.74) is 0.0657. The summed E-state index contributed by atoms with van der Waals surface area (Å²) in [4.78, 5) is 27.7. The number of rotatable bonds is 5. The summed E-state index contributed by atoms with van der Waals surface area (Å²) in [6.45, 7) is 6.74. The minimum Gasteiger partial charge on any atom is -0.496 e. The number of hydrogen-bond donors (Lipinski definition) is 1. The molecule has 0 unspecified atom stereocenters. The van der Waals surface area contributed by atoms with Gasteiger partial charge in [-0.25, -0.2) is 0 Å². The Labute approximate surface area is 176 Å². The van der Waals surface area contributed by atoms with E-state index >= 15 is 0 Å². The molecule has 1 aromatic carbocycles. The molecule has 1 aliphatic carbocycles. The summed E-state index contributed by atoms with van der Waals surface area (Å²) in [5.74, 6) is 1.78. The number of carbonyl (C=O) groups excluding carboxylic acids is 2. The van der Waals surface area contributed by atoms with Crippen LogP contribution in [0.5, 0.6) is 5.75 Å². The average Bonchev–Trinajstić information content (AvgIpc) is 2.95. The van der Waals surface area contributed by atoms with Crippen LogP contribution in [0.4, 0.5) is 0 Å². The zero-order valence-electron chi connectivity index (χ0n) is 17.3. The quantitative estimate of drug-likeness (QED) is 0.727. The Kier molecular flexibility index (Phi) is 6.37. The van der Waals surface area contributed by atoms with Gasteiger partial charge in [-0.3, -0.25) is 9.59 Å². The minimum absolute atomic E-state index is 0.0183. The second kappa shape index (κ2) is 8.44. The molecule has 2 amide bonds. The minimum atomic E-state index is -0.829. The van der Waals surface area contributed by atoms with Gasteiger partial charge in [-0.05, 0) is 49.8 Å². The number of carbonyl (C=O) groups is 2. The van der Waals surface area contributed by atoms with Crippen molar-refractivity contribution < 1.29 is 14.3 Å². The normalized spacial score (nSPS) is 30.4. The Morgan fingerprint density at radius 1 is 1.36 bits per heavy atom. The molecule has 1 heterocycles. The summed E-state index contributed by atoms with van der Waals surface area (Å²) in [7, 11) is 1.62. The van der Waals surface area contributed by atoms with Crippen LogP contribution in [0.2, 0.25) is 0 Å². The van der Waals surface area contributed by atoms with E-state index in [0.717, 1.165) is 28.6 Å². The number of hydrogen-bond acceptors (Lipinski definition) is 3. The van der Waals surface area contributed by atoms with Crippen LogP contribution in [0.3, 0.4) is 0 Å². The number of benzene rings is 1. The largest absolute Gasteiger partial charge is 0.496 e. The monoisotopic (exact) mass is 450 g/mol. The van der Waals surface area contributed by atoms with Crippen molar-refractivity contribution >= 4 is 27.7 Å². The van der Waals surface area contributed by atoms with Crippen LogP contribution in [-0.4, -0.2) is 35.4 Å². The number of methoxy groups -OCH3 is 1. The van der Waals surface area contributed by atoms with Crippen LogP contribution < -0.4 is 10.1 Å². The number of nitrogens with zero attached hydrogens (tertiary/aromatic N) is 1. The molecule has 1 saturated heterocycles. The number of likely N-dealkylation sites (tertiary alicyclic amines) is 1. The number of amides is 2. The van der Waals surface area contributed by atoms with Gasteiger partial charge in [0.25, 0.3) is 0 Å². The van der Waals surface area contributed by atoms with Crippen molar-refractivity contribution in [3.8, 4) is 5.75 Å². The molecule has 0 aromatic heterocycles. The van der Waals surface area contributed by atoms with E-state index in [1.54, 1.807) is 12.0 Å². The summed E-state index contributed by atoms with van der Waals surface area (Å²) >= 11 is 3.49. The first-order valence-electron chi connectivity index (χ1n) is 10.2. The molecular formula is C22H31BrN2O3. The SMILES string of the molecule is COc1ccc(Br)cc1CN1C(=O)CC[C@]1(C)C(=O)N[C@@H]1CCC[C@H](C)[C@H]1C. The van der Waals surface area contributed by atoms with E-state index in [-0.39, 0.29) is 17.9 Å². The Hall–Kier alpha value is -1.56. The van der Waals surface area contributed by atoms with Crippen molar-refractivity contribution in [3.05, 3.63) is 28.2 Å². The van der Waals surface area contributed by atoms with Gasteiger partial charge in [0.1, 0.15) is 11.3 Å². The van der Waals surface area contributed by atoms with Crippen LogP contribution in [-0.2, 0) is 16.1 Å². The van der Waals surface area contributed by atoms with Crippen molar-refractivity contribution in [1.82, 2.24) is 10.2 Å². The fourth-order valence-corrected chi connectivity index (χ4v) is 4.95. The molecule has 1 aromatic rings. The van der Waals surface area contributed by atoms with Crippen LogP contribution in [0.25, 0.3) is 0 Å². The van der Waals surface area contributed by atoms with Crippen LogP contribution in [0.15, 0.2) is 22.7 Å². The Bertz CT molecular complexity index is 753. The van der Waals surface area contributed by atoms with Crippen molar-refractivity contribution in [2.45, 2.75) is 71.0 Å². The molecule has 4 atom stereocenters. The first-order valence-corrected chi connectivity index (χ1v) is 11.0. The Morgan fingerprint density at radius 3 is 2.82 bits per heavy atom. The molecule has 1 saturated carbocycles. The molecule has 6 heteroatoms. The Balaban J connectivity index is 1.80. The van der Waals surface area contributed by atoms with Gasteiger partial charge in [-0.15, -0.1) is 0 Å². The van der Waals surface area contributed by atoms with Gasteiger partial charge in [0.05, 0.1) is 13.7 Å². The fraction of sp³-hybridized carbons (Fsp3) is 0.636. The first-order chi connectivity index (χ1) is 13.3. The van der Waals surface area contributed by atoms with Gasteiger partial charge in [-0.1, -0.05) is 42.6 Å². The maximum atomic E-state index is 13.3. The second-order valence-electron chi connectivity index (χ2n) is 8.56. The van der Waals surface area contributed by atoms with Gasteiger partial charge < -0.3 is 15.0 Å². The molecule has 5 nitrogen and oxygen atoms in total. The third kappa shape index (κ3) is 4.07. The molecular weight excluding hydrogens is 420 g/mol. The lowest BCUT2D eigenvalue weighted by Crippen LogP contribution is -2.57. The standard InChI is InChI=1S/C22H31BrN2O3/c1-14-6-5-7-18(15(14)2)24-21(27)22(3)11-10-20(26)25(22)13-16-12-17(23)8-9-19(16)28-4/h8-9,12,14-15,18H,5-7,10-11,13H2,1-4H3,(H,24,27)/t14-,15+,18+,22+/m0/s1. The molecule has 1 aliphatic heterocycles. The van der Waals surface area contributed by atoms with E-state index in [0.29, 0.717) is 31.2 Å². The van der Waals surface area contributed by atoms with E-state index < -0.39 is 5.54 Å². The zero-order chi connectivity index (χ0) is 20.5. The molecule has 2 fully saturated rings. The zero-order valence-corrected chi connectivity index (χ0v) is 18.8. The highest BCUT2D eigenvalue weighted by Gasteiger charge is 2.48. The highest BCUT2D eigenvalue weighted by atomic mass is 79.9. The number of ether oxygens (including phenoxy) is 1. The Morgan fingerprint density at radius 2 is 2.11 bits per heavy atom. The van der Waals surface area contributed by atoms with Gasteiger partial charge in [0.2, 0.25) is 11.8 Å². The molecule has 3 rings (SSSR count). The predicted octanol–water partition coefficient (Wildman–Crippen LogP) is 4.28. The lowest BCUT2D eigenvalue weighted by atomic mass is 9.77. The van der Waals surface area contributed by atoms with E-state index in [1.165, 1.54) is 6.42 Å². The molecule has 1 N–H and O–H groups in total. The lowest BCUT2D eigenvalue weighted by Gasteiger charge is -2.39. The summed E-state index contributed by atoms with van der Waals surface area (Å²) in [5, 5.41) is 3.28. The van der Waals surface area contributed by atoms with Gasteiger partial charge in [0, 0.05) is 22.5 Å². The summed E-state index contributed by atoms with van der Waals surface area (Å²) in [6, 6.07) is 5.92. The maximum absolute atomic E-state index is 13.3. The van der Waals surface area contributed by atoms with Crippen molar-refractivity contribution in [1.29, 1.82) is 0 Å². The summed E-state index contributed by atoms with van der Waals surface area (Å²) < 4.78 is 6.38. The van der Waals surface area contributed by atoms with Crippen molar-refractivity contribution in [2.75, 3.05) is 7.11 Å². The molecule has 0 bridgehead atoms. The second-order valence-corrected chi connectivity index (χ2v) is 9.47. The van der Waals surface area contributed by atoms with Crippen LogP contribution >= 0.6 is 15.9 Å². The van der Waals surface area contributed by atoms with Crippen LogP contribution in [0, 0.1) is 11.8 Å². The first kappa shape index (κ1) is 21.2. The third-order valence-electron chi connectivity index (χ3n) is 6.81. The fourth-order valence-electron chi connectivity index (χ4n) is 4.54. The van der Waals surface area contributed by atoms with Crippen molar-refractivity contribution in [2.24, 2.45) is 11.8 Å². The molecule has 154 valence electrons. The highest BCUT2D eigenvalue weighted by molar-refractivity contribution is 9.10. The lowest BCUT2D eigenvalue weighted by molar-refractivity contribution is -0.142. The average molecular weight is 451 g/mol. The molecule has 0 spiro atoms. The van der Waals surface area contributed by atoms with E-state index in [1.807, 2.05) is 25.1 Å². The molecule has 0 radical (unpaired) electrons. The summed E-state index contributed by atoms with van der Waals surface area (Å²) in [6.07, 6.45) is 4.32. The van der Waals surface area contributed by atoms with E-state index in [2.05, 4.69) is 35.1 Å². The topological polar surface area (TPSA) is 58.6 Å². The van der Waals surface area contributed by atoms with Crippen LogP contribution in [0.1, 0.15) is 58.4 Å². The maximum Gasteiger partial charge on any atom is 0.245 e. The highest BCUT2D eigenvalue weighted by Crippen LogP contribution is 2.36.